The zero-order chi connectivity index (χ0) is 76.7. The monoisotopic (exact) mass is 1490 g/mol. The Bertz CT molecular complexity index is 3330. The third kappa shape index (κ3) is 36.5. The van der Waals surface area contributed by atoms with Gasteiger partial charge in [0.05, 0.1) is 35.9 Å². The molecule has 3 saturated heterocycles. The zero-order valence-electron chi connectivity index (χ0n) is 62.3. The van der Waals surface area contributed by atoms with Gasteiger partial charge >= 0.3 is 0 Å². The largest absolute Gasteiger partial charge is 0.356 e. The third-order valence-corrected chi connectivity index (χ3v) is 21.3. The average molecular weight is 1490 g/mol. The number of nitrogens with one attached hydrogen (secondary N) is 6. The highest BCUT2D eigenvalue weighted by Gasteiger charge is 2.35. The van der Waals surface area contributed by atoms with E-state index in [0.717, 1.165) is 71.2 Å². The van der Waals surface area contributed by atoms with Gasteiger partial charge in [-0.1, -0.05) is 181 Å². The summed E-state index contributed by atoms with van der Waals surface area (Å²) >= 11 is 3.05. The number of thioether (sulfide) groups is 3. The molecule has 0 radical (unpaired) electrons. The van der Waals surface area contributed by atoms with Crippen molar-refractivity contribution in [3.05, 3.63) is 108 Å². The Hall–Kier alpha value is -7.44. The molecule has 9 atom stereocenters. The minimum absolute atomic E-state index is 0.0158. The number of carbonyl (C=O) groups excluding carboxylic acids is 15. The molecule has 6 amide bonds. The fourth-order valence-corrected chi connectivity index (χ4v) is 15.5. The first-order valence-corrected chi connectivity index (χ1v) is 39.8. The molecule has 0 unspecified atom stereocenters. The Morgan fingerprint density at radius 2 is 0.635 bits per heavy atom. The van der Waals surface area contributed by atoms with Crippen molar-refractivity contribution in [2.24, 2.45) is 53.3 Å². The Morgan fingerprint density at radius 3 is 0.942 bits per heavy atom. The topological polar surface area (TPSA) is 328 Å². The molecule has 3 aromatic rings. The molecule has 0 aromatic heterocycles. The van der Waals surface area contributed by atoms with Crippen LogP contribution >= 0.6 is 35.3 Å². The first-order valence-electron chi connectivity index (χ1n) is 36.9. The molecule has 3 fully saturated rings. The maximum atomic E-state index is 13.4. The van der Waals surface area contributed by atoms with Gasteiger partial charge in [0.2, 0.25) is 35.4 Å². The van der Waals surface area contributed by atoms with Crippen LogP contribution in [0.15, 0.2) is 91.0 Å². The second kappa shape index (κ2) is 48.6. The van der Waals surface area contributed by atoms with Gasteiger partial charge in [0.25, 0.3) is 0 Å². The van der Waals surface area contributed by atoms with Crippen molar-refractivity contribution in [1.29, 1.82) is 0 Å². The molecule has 0 aliphatic carbocycles. The second-order valence-corrected chi connectivity index (χ2v) is 32.1. The molecule has 3 aromatic carbocycles. The molecule has 6 N–H and O–H groups in total. The van der Waals surface area contributed by atoms with E-state index < -0.39 is 53.6 Å². The standard InChI is InChI=1S/C29H42N2O5S.C26H36N2O5S.C25H34N2O5S/c1-20(2)15-25-26(33)18-23(17-22-11-7-6-8-12-22)29(36)37-19-24(16-21(3)32)28(35)30-14-10-5-4-9-13-27(34)31-25;1-17(2)12-22-23(30)15-20(14-19-8-5-4-6-9-19)26(33)34-16-21(13-18(3)29)25(32)27-11-7-10-24(31)28-22;1-16(2)11-21-22(29)14-19(13-18-7-5-4-6-8-18)25(32)33-15-20(12-17(3)28)24(31)26-10-9-23(30)27-21/h6-8,11-12,20,23-25H,4-5,9-10,13-19H2,1-3H3,(H,30,35)(H,31,34);4-6,8-9,17,20-22H,7,10-16H2,1-3H3,(H,27,32)(H,28,31);4-8,16,19-21H,9-15H2,1-3H3,(H,26,31)(H,27,30)/t23-,24+,25+;20-,21+,22+;19-,20+,21+/m111/s1. The summed E-state index contributed by atoms with van der Waals surface area (Å²) in [5, 5.41) is 16.4. The van der Waals surface area contributed by atoms with Crippen LogP contribution in [-0.2, 0) is 91.2 Å². The summed E-state index contributed by atoms with van der Waals surface area (Å²) in [6.07, 6.45) is 7.09. The lowest BCUT2D eigenvalue weighted by molar-refractivity contribution is -0.130. The van der Waals surface area contributed by atoms with E-state index in [1.807, 2.05) is 133 Å². The molecule has 3 aliphatic rings. The summed E-state index contributed by atoms with van der Waals surface area (Å²) in [5.74, 6) is -4.92. The van der Waals surface area contributed by atoms with Crippen molar-refractivity contribution < 1.29 is 71.9 Å². The molecule has 0 spiro atoms. The molecule has 3 aliphatic heterocycles. The molecule has 24 heteroatoms. The molecular formula is C80H112N6O15S3. The number of hydrogen-bond donors (Lipinski definition) is 6. The van der Waals surface area contributed by atoms with Gasteiger partial charge in [0.15, 0.2) is 32.7 Å². The third-order valence-electron chi connectivity index (χ3n) is 17.8. The van der Waals surface area contributed by atoms with E-state index in [0.29, 0.717) is 70.9 Å². The van der Waals surface area contributed by atoms with Gasteiger partial charge < -0.3 is 46.3 Å². The van der Waals surface area contributed by atoms with Crippen molar-refractivity contribution in [3.63, 3.8) is 0 Å². The Labute approximate surface area is 627 Å². The number of benzene rings is 3. The number of ketones is 6. The Morgan fingerprint density at radius 1 is 0.356 bits per heavy atom. The van der Waals surface area contributed by atoms with Crippen molar-refractivity contribution in [3.8, 4) is 0 Å². The maximum Gasteiger partial charge on any atom is 0.224 e. The highest BCUT2D eigenvalue weighted by molar-refractivity contribution is 8.14. The molecule has 3 heterocycles. The highest BCUT2D eigenvalue weighted by atomic mass is 32.2. The second-order valence-electron chi connectivity index (χ2n) is 29.0. The Balaban J connectivity index is 0.000000331. The van der Waals surface area contributed by atoms with Crippen LogP contribution in [0.25, 0.3) is 0 Å². The first-order chi connectivity index (χ1) is 49.5. The lowest BCUT2D eigenvalue weighted by Crippen LogP contribution is -2.44. The normalized spacial score (nSPS) is 23.6. The maximum absolute atomic E-state index is 13.4. The zero-order valence-corrected chi connectivity index (χ0v) is 64.8. The molecule has 570 valence electrons. The summed E-state index contributed by atoms with van der Waals surface area (Å²) < 4.78 is 0. The van der Waals surface area contributed by atoms with Gasteiger partial charge in [-0.25, -0.2) is 0 Å². The van der Waals surface area contributed by atoms with Gasteiger partial charge in [-0.05, 0) is 113 Å². The summed E-state index contributed by atoms with van der Waals surface area (Å²) in [5.41, 5.74) is 2.82. The molecule has 0 saturated carbocycles. The predicted molar refractivity (Wildman–Crippen MR) is 409 cm³/mol. The molecule has 21 nitrogen and oxygen atoms in total. The minimum atomic E-state index is -0.669. The smallest absolute Gasteiger partial charge is 0.224 e. The van der Waals surface area contributed by atoms with Crippen LogP contribution in [-0.4, -0.2) is 141 Å². The highest BCUT2D eigenvalue weighted by Crippen LogP contribution is 2.29. The molecular weight excluding hydrogens is 1380 g/mol. The number of carbonyl (C=O) groups is 15. The minimum Gasteiger partial charge on any atom is -0.356 e. The van der Waals surface area contributed by atoms with Crippen LogP contribution < -0.4 is 31.9 Å². The Kier molecular flexibility index (Phi) is 41.6. The van der Waals surface area contributed by atoms with Crippen LogP contribution in [0.1, 0.15) is 188 Å². The molecule has 6 rings (SSSR count). The number of Topliss-reactive ketones (excluding diaryl/α,β-unsaturated/α-hetero) is 6. The number of rotatable bonds is 18. The van der Waals surface area contributed by atoms with E-state index in [4.69, 9.17) is 0 Å². The summed E-state index contributed by atoms with van der Waals surface area (Å²) in [4.78, 5) is 190. The van der Waals surface area contributed by atoms with Gasteiger partial charge in [-0.2, -0.15) is 0 Å². The fraction of sp³-hybridized carbons (Fsp3) is 0.588. The van der Waals surface area contributed by atoms with Crippen LogP contribution in [0.4, 0.5) is 0 Å². The number of hydrogen-bond acceptors (Lipinski definition) is 18. The van der Waals surface area contributed by atoms with Gasteiger partial charge in [0, 0.05) is 112 Å². The van der Waals surface area contributed by atoms with Crippen molar-refractivity contribution in [2.45, 2.75) is 209 Å². The van der Waals surface area contributed by atoms with Crippen LogP contribution in [0.5, 0.6) is 0 Å². The van der Waals surface area contributed by atoms with E-state index in [-0.39, 0.29) is 178 Å². The van der Waals surface area contributed by atoms with Gasteiger partial charge in [-0.3, -0.25) is 57.5 Å². The van der Waals surface area contributed by atoms with Gasteiger partial charge in [-0.15, -0.1) is 0 Å². The summed E-state index contributed by atoms with van der Waals surface area (Å²) in [7, 11) is 0. The summed E-state index contributed by atoms with van der Waals surface area (Å²) in [6, 6.07) is 26.6. The van der Waals surface area contributed by atoms with E-state index >= 15 is 0 Å². The van der Waals surface area contributed by atoms with E-state index in [1.165, 1.54) is 20.8 Å². The summed E-state index contributed by atoms with van der Waals surface area (Å²) in [6.45, 7) is 17.1. The van der Waals surface area contributed by atoms with Crippen LogP contribution in [0.2, 0.25) is 0 Å². The number of amides is 6. The molecule has 0 bridgehead atoms. The first kappa shape index (κ1) is 89.0. The predicted octanol–water partition coefficient (Wildman–Crippen LogP) is 10.1. The van der Waals surface area contributed by atoms with Crippen LogP contribution in [0.3, 0.4) is 0 Å². The van der Waals surface area contributed by atoms with Crippen LogP contribution in [0, 0.1) is 53.3 Å². The quantitative estimate of drug-likeness (QED) is 0.0689. The fourth-order valence-electron chi connectivity index (χ4n) is 12.4. The lowest BCUT2D eigenvalue weighted by atomic mass is 9.90. The van der Waals surface area contributed by atoms with Crippen molar-refractivity contribution in [2.75, 3.05) is 36.9 Å². The van der Waals surface area contributed by atoms with E-state index in [2.05, 4.69) is 31.9 Å². The lowest BCUT2D eigenvalue weighted by Gasteiger charge is -2.24. The van der Waals surface area contributed by atoms with Crippen molar-refractivity contribution in [1.82, 2.24) is 31.9 Å². The van der Waals surface area contributed by atoms with E-state index in [1.54, 1.807) is 0 Å². The SMILES string of the molecule is CC(=O)C[C@H]1CSC(=O)[C@H](Cc2ccccc2)CC(=O)[C@H](CC(C)C)NC(=O)CCCCCCNC1=O.CC(=O)C[C@H]1CSC(=O)[C@H](Cc2ccccc2)CC(=O)[C@H](CC(C)C)NC(=O)CCCNC1=O.CC(=O)C[C@H]1CSC(=O)[C@H](Cc2ccccc2)CC(=O)[C@H](CC(C)C)NC(=O)CCNC1=O. The van der Waals surface area contributed by atoms with Gasteiger partial charge in [0.1, 0.15) is 17.3 Å². The van der Waals surface area contributed by atoms with Crippen molar-refractivity contribution >= 4 is 121 Å². The molecule has 104 heavy (non-hydrogen) atoms. The van der Waals surface area contributed by atoms with E-state index in [9.17, 15) is 71.9 Å². The average Bonchev–Trinajstić information content (AvgIpc) is 0.922.